The zero-order chi connectivity index (χ0) is 21.9. The van der Waals surface area contributed by atoms with Crippen molar-refractivity contribution in [2.45, 2.75) is 52.3 Å². The number of carbonyl (C=O) groups excluding carboxylic acids is 1. The van der Waals surface area contributed by atoms with Gasteiger partial charge in [0.2, 0.25) is 15.9 Å². The summed E-state index contributed by atoms with van der Waals surface area (Å²) in [5, 5.41) is 3.11. The van der Waals surface area contributed by atoms with Crippen LogP contribution >= 0.6 is 0 Å². The summed E-state index contributed by atoms with van der Waals surface area (Å²) >= 11 is 0. The van der Waals surface area contributed by atoms with E-state index in [-0.39, 0.29) is 23.6 Å². The van der Waals surface area contributed by atoms with Gasteiger partial charge in [0.05, 0.1) is 11.8 Å². The fraction of sp³-hybridized carbons (Fsp3) is 0.458. The smallest absolute Gasteiger partial charge is 0.223 e. The Labute approximate surface area is 180 Å². The minimum atomic E-state index is -3.38. The standard InChI is InChI=1S/C24H32N2O3S/c1-17-6-5-7-21(14-17)16-30(28,29)26-12-10-22(11-13-26)24(27)25-20(4)23-9-8-18(2)19(3)15-23/h5-9,14-15,20,22H,10-13,16H2,1-4H3,(H,25,27)/t20-/m0/s1. The van der Waals surface area contributed by atoms with Crippen LogP contribution in [0.25, 0.3) is 0 Å². The number of benzene rings is 2. The maximum atomic E-state index is 12.8. The van der Waals surface area contributed by atoms with E-state index >= 15 is 0 Å². The van der Waals surface area contributed by atoms with Crippen LogP contribution in [-0.2, 0) is 20.6 Å². The number of carbonyl (C=O) groups is 1. The molecule has 30 heavy (non-hydrogen) atoms. The highest BCUT2D eigenvalue weighted by Gasteiger charge is 2.31. The number of nitrogens with zero attached hydrogens (tertiary/aromatic N) is 1. The molecule has 2 aromatic rings. The minimum Gasteiger partial charge on any atom is -0.349 e. The Balaban J connectivity index is 1.55. The zero-order valence-corrected chi connectivity index (χ0v) is 19.1. The van der Waals surface area contributed by atoms with E-state index in [0.717, 1.165) is 16.7 Å². The molecular formula is C24H32N2O3S. The van der Waals surface area contributed by atoms with E-state index in [1.165, 1.54) is 15.4 Å². The topological polar surface area (TPSA) is 66.5 Å². The molecule has 5 nitrogen and oxygen atoms in total. The van der Waals surface area contributed by atoms with E-state index in [2.05, 4.69) is 31.3 Å². The Morgan fingerprint density at radius 3 is 2.40 bits per heavy atom. The van der Waals surface area contributed by atoms with Gasteiger partial charge in [-0.3, -0.25) is 4.79 Å². The summed E-state index contributed by atoms with van der Waals surface area (Å²) in [7, 11) is -3.38. The number of sulfonamides is 1. The molecule has 0 aromatic heterocycles. The average Bonchev–Trinajstić information content (AvgIpc) is 2.69. The van der Waals surface area contributed by atoms with Crippen LogP contribution in [0.3, 0.4) is 0 Å². The summed E-state index contributed by atoms with van der Waals surface area (Å²) in [6, 6.07) is 13.8. The van der Waals surface area contributed by atoms with E-state index in [4.69, 9.17) is 0 Å². The molecule has 1 atom stereocenters. The first-order valence-electron chi connectivity index (χ1n) is 10.6. The molecule has 2 aromatic carbocycles. The molecule has 1 heterocycles. The molecule has 1 aliphatic rings. The summed E-state index contributed by atoms with van der Waals surface area (Å²) in [6.45, 7) is 8.88. The quantitative estimate of drug-likeness (QED) is 0.755. The first-order chi connectivity index (χ1) is 14.2. The lowest BCUT2D eigenvalue weighted by Crippen LogP contribution is -2.43. The molecule has 1 saturated heterocycles. The van der Waals surface area contributed by atoms with Gasteiger partial charge in [-0.2, -0.15) is 0 Å². The molecule has 162 valence electrons. The van der Waals surface area contributed by atoms with Crippen molar-refractivity contribution >= 4 is 15.9 Å². The first-order valence-corrected chi connectivity index (χ1v) is 12.2. The van der Waals surface area contributed by atoms with Crippen molar-refractivity contribution in [3.8, 4) is 0 Å². The van der Waals surface area contributed by atoms with Crippen LogP contribution in [-0.4, -0.2) is 31.7 Å². The molecule has 3 rings (SSSR count). The van der Waals surface area contributed by atoms with Crippen molar-refractivity contribution in [3.05, 3.63) is 70.3 Å². The Morgan fingerprint density at radius 1 is 1.07 bits per heavy atom. The highest BCUT2D eigenvalue weighted by Crippen LogP contribution is 2.24. The van der Waals surface area contributed by atoms with Gasteiger partial charge < -0.3 is 5.32 Å². The Bertz CT molecular complexity index is 1010. The maximum Gasteiger partial charge on any atom is 0.223 e. The lowest BCUT2D eigenvalue weighted by atomic mass is 9.96. The highest BCUT2D eigenvalue weighted by molar-refractivity contribution is 7.88. The molecule has 0 spiro atoms. The third-order valence-electron chi connectivity index (χ3n) is 6.04. The van der Waals surface area contributed by atoms with Crippen molar-refractivity contribution < 1.29 is 13.2 Å². The van der Waals surface area contributed by atoms with E-state index < -0.39 is 10.0 Å². The van der Waals surface area contributed by atoms with Gasteiger partial charge in [0.1, 0.15) is 0 Å². The lowest BCUT2D eigenvalue weighted by Gasteiger charge is -2.31. The molecule has 0 radical (unpaired) electrons. The average molecular weight is 429 g/mol. The van der Waals surface area contributed by atoms with E-state index in [1.54, 1.807) is 0 Å². The molecule has 0 saturated carbocycles. The van der Waals surface area contributed by atoms with Gasteiger partial charge >= 0.3 is 0 Å². The van der Waals surface area contributed by atoms with Crippen LogP contribution in [0.1, 0.15) is 53.6 Å². The van der Waals surface area contributed by atoms with Crippen LogP contribution in [0, 0.1) is 26.7 Å². The number of piperidine rings is 1. The van der Waals surface area contributed by atoms with Gasteiger partial charge in [0, 0.05) is 19.0 Å². The third kappa shape index (κ3) is 5.49. The van der Waals surface area contributed by atoms with Crippen molar-refractivity contribution in [1.29, 1.82) is 0 Å². The van der Waals surface area contributed by atoms with E-state index in [9.17, 15) is 13.2 Å². The predicted octanol–water partition coefficient (Wildman–Crippen LogP) is 4.03. The molecular weight excluding hydrogens is 396 g/mol. The zero-order valence-electron chi connectivity index (χ0n) is 18.3. The van der Waals surface area contributed by atoms with E-state index in [0.29, 0.717) is 25.9 Å². The molecule has 0 aliphatic carbocycles. The SMILES string of the molecule is Cc1cccc(CS(=O)(=O)N2CCC(C(=O)N[C@@H](C)c3ccc(C)c(C)c3)CC2)c1. The number of hydrogen-bond donors (Lipinski definition) is 1. The lowest BCUT2D eigenvalue weighted by molar-refractivity contribution is -0.126. The molecule has 1 amide bonds. The number of hydrogen-bond acceptors (Lipinski definition) is 3. The summed E-state index contributed by atoms with van der Waals surface area (Å²) in [5.74, 6) is -0.129. The summed E-state index contributed by atoms with van der Waals surface area (Å²) < 4.78 is 27.1. The number of nitrogens with one attached hydrogen (secondary N) is 1. The molecule has 0 unspecified atom stereocenters. The van der Waals surface area contributed by atoms with Crippen molar-refractivity contribution in [3.63, 3.8) is 0 Å². The molecule has 1 fully saturated rings. The summed E-state index contributed by atoms with van der Waals surface area (Å²) in [5.41, 5.74) is 5.38. The van der Waals surface area contributed by atoms with E-state index in [1.807, 2.05) is 44.2 Å². The number of amides is 1. The first kappa shape index (κ1) is 22.5. The third-order valence-corrected chi connectivity index (χ3v) is 7.89. The summed E-state index contributed by atoms with van der Waals surface area (Å²) in [6.07, 6.45) is 1.11. The van der Waals surface area contributed by atoms with Crippen LogP contribution < -0.4 is 5.32 Å². The van der Waals surface area contributed by atoms with Gasteiger partial charge in [-0.25, -0.2) is 12.7 Å². The van der Waals surface area contributed by atoms with Crippen molar-refractivity contribution in [2.24, 2.45) is 5.92 Å². The fourth-order valence-electron chi connectivity index (χ4n) is 3.95. The second-order valence-electron chi connectivity index (χ2n) is 8.49. The molecule has 0 bridgehead atoms. The minimum absolute atomic E-state index is 0.00928. The number of aryl methyl sites for hydroxylation is 3. The fourth-order valence-corrected chi connectivity index (χ4v) is 5.50. The summed E-state index contributed by atoms with van der Waals surface area (Å²) in [4.78, 5) is 12.7. The van der Waals surface area contributed by atoms with Gasteiger partial charge in [0.15, 0.2) is 0 Å². The van der Waals surface area contributed by atoms with Gasteiger partial charge in [-0.05, 0) is 62.8 Å². The van der Waals surface area contributed by atoms with Gasteiger partial charge in [0.25, 0.3) is 0 Å². The Morgan fingerprint density at radius 2 is 1.77 bits per heavy atom. The van der Waals surface area contributed by atoms with Gasteiger partial charge in [-0.1, -0.05) is 48.0 Å². The van der Waals surface area contributed by atoms with Crippen LogP contribution in [0.2, 0.25) is 0 Å². The van der Waals surface area contributed by atoms with Crippen LogP contribution in [0.5, 0.6) is 0 Å². The van der Waals surface area contributed by atoms with Crippen molar-refractivity contribution in [2.75, 3.05) is 13.1 Å². The maximum absolute atomic E-state index is 12.8. The largest absolute Gasteiger partial charge is 0.349 e. The number of rotatable bonds is 6. The second kappa shape index (κ2) is 9.31. The Kier molecular flexibility index (Phi) is 6.98. The monoisotopic (exact) mass is 428 g/mol. The van der Waals surface area contributed by atoms with Gasteiger partial charge in [-0.15, -0.1) is 0 Å². The normalized spacial score (nSPS) is 16.9. The molecule has 6 heteroatoms. The van der Waals surface area contributed by atoms with Crippen LogP contribution in [0.15, 0.2) is 42.5 Å². The molecule has 1 N–H and O–H groups in total. The van der Waals surface area contributed by atoms with Crippen LogP contribution in [0.4, 0.5) is 0 Å². The molecule has 1 aliphatic heterocycles. The predicted molar refractivity (Wildman–Crippen MR) is 121 cm³/mol. The second-order valence-corrected chi connectivity index (χ2v) is 10.5. The Hall–Kier alpha value is -2.18. The van der Waals surface area contributed by atoms with Crippen molar-refractivity contribution in [1.82, 2.24) is 9.62 Å². The highest BCUT2D eigenvalue weighted by atomic mass is 32.2.